The van der Waals surface area contributed by atoms with Crippen LogP contribution in [0.15, 0.2) is 24.5 Å². The van der Waals surface area contributed by atoms with Crippen molar-refractivity contribution < 1.29 is 0 Å². The molecule has 4 heteroatoms. The summed E-state index contributed by atoms with van der Waals surface area (Å²) in [5, 5.41) is 3.38. The smallest absolute Gasteiger partial charge is 0.0958 e. The predicted molar refractivity (Wildman–Crippen MR) is 70.5 cm³/mol. The molecule has 0 amide bonds. The second-order valence-corrected chi connectivity index (χ2v) is 4.44. The predicted octanol–water partition coefficient (Wildman–Crippen LogP) is 1.47. The van der Waals surface area contributed by atoms with Crippen LogP contribution in [0.2, 0.25) is 0 Å². The molecule has 1 aromatic carbocycles. The highest BCUT2D eigenvalue weighted by Gasteiger charge is 2.11. The van der Waals surface area contributed by atoms with Crippen LogP contribution in [-0.2, 0) is 6.54 Å². The zero-order valence-corrected chi connectivity index (χ0v) is 10.2. The Kier molecular flexibility index (Phi) is 2.73. The number of aromatic nitrogens is 2. The zero-order valence-electron chi connectivity index (χ0n) is 10.2. The number of rotatable bonds is 2. The lowest BCUT2D eigenvalue weighted by Crippen LogP contribution is -2.43. The Labute approximate surface area is 101 Å². The van der Waals surface area contributed by atoms with E-state index in [9.17, 15) is 0 Å². The molecule has 0 radical (unpaired) electrons. The zero-order chi connectivity index (χ0) is 11.7. The van der Waals surface area contributed by atoms with E-state index in [2.05, 4.69) is 44.9 Å². The molecule has 3 rings (SSSR count). The summed E-state index contributed by atoms with van der Waals surface area (Å²) in [7, 11) is 0. The van der Waals surface area contributed by atoms with E-state index in [1.54, 1.807) is 0 Å². The second-order valence-electron chi connectivity index (χ2n) is 4.44. The van der Waals surface area contributed by atoms with Gasteiger partial charge in [0.25, 0.3) is 0 Å². The number of aryl methyl sites for hydroxylation is 1. The van der Waals surface area contributed by atoms with E-state index in [0.29, 0.717) is 0 Å². The maximum absolute atomic E-state index is 4.41. The lowest BCUT2D eigenvalue weighted by atomic mass is 10.2. The van der Waals surface area contributed by atoms with Crippen molar-refractivity contribution >= 4 is 16.7 Å². The number of hydrogen-bond acceptors (Lipinski definition) is 3. The van der Waals surface area contributed by atoms with Crippen LogP contribution in [-0.4, -0.2) is 35.7 Å². The first-order valence-electron chi connectivity index (χ1n) is 6.29. The first-order valence-corrected chi connectivity index (χ1v) is 6.29. The summed E-state index contributed by atoms with van der Waals surface area (Å²) in [5.41, 5.74) is 3.64. The van der Waals surface area contributed by atoms with Crippen molar-refractivity contribution in [1.29, 1.82) is 0 Å². The summed E-state index contributed by atoms with van der Waals surface area (Å²) in [5.74, 6) is 0. The van der Waals surface area contributed by atoms with Crippen LogP contribution in [0.3, 0.4) is 0 Å². The molecule has 0 aliphatic carbocycles. The van der Waals surface area contributed by atoms with Crippen molar-refractivity contribution in [2.45, 2.75) is 13.5 Å². The molecule has 0 bridgehead atoms. The number of anilines is 1. The van der Waals surface area contributed by atoms with Gasteiger partial charge in [0.1, 0.15) is 0 Å². The lowest BCUT2D eigenvalue weighted by Gasteiger charge is -2.29. The third kappa shape index (κ3) is 1.89. The number of benzene rings is 1. The highest BCUT2D eigenvalue weighted by Crippen LogP contribution is 2.21. The van der Waals surface area contributed by atoms with Gasteiger partial charge in [0, 0.05) is 38.4 Å². The second kappa shape index (κ2) is 4.37. The highest BCUT2D eigenvalue weighted by molar-refractivity contribution is 5.79. The number of imidazole rings is 1. The number of nitrogens with one attached hydrogen (secondary N) is 1. The fourth-order valence-corrected chi connectivity index (χ4v) is 2.42. The maximum Gasteiger partial charge on any atom is 0.0958 e. The molecule has 1 aromatic heterocycles. The van der Waals surface area contributed by atoms with E-state index in [0.717, 1.165) is 38.2 Å². The third-order valence-electron chi connectivity index (χ3n) is 3.43. The largest absolute Gasteiger partial charge is 0.369 e. The summed E-state index contributed by atoms with van der Waals surface area (Å²) in [4.78, 5) is 6.84. The molecule has 1 saturated heterocycles. The molecule has 0 unspecified atom stereocenters. The van der Waals surface area contributed by atoms with Gasteiger partial charge < -0.3 is 14.8 Å². The van der Waals surface area contributed by atoms with E-state index in [1.165, 1.54) is 11.2 Å². The number of nitrogens with zero attached hydrogens (tertiary/aromatic N) is 3. The van der Waals surface area contributed by atoms with Crippen molar-refractivity contribution in [2.75, 3.05) is 31.1 Å². The van der Waals surface area contributed by atoms with Gasteiger partial charge in [-0.2, -0.15) is 0 Å². The fourth-order valence-electron chi connectivity index (χ4n) is 2.42. The molecule has 2 heterocycles. The van der Waals surface area contributed by atoms with E-state index in [-0.39, 0.29) is 0 Å². The van der Waals surface area contributed by atoms with Crippen LogP contribution >= 0.6 is 0 Å². The van der Waals surface area contributed by atoms with Gasteiger partial charge in [0.05, 0.1) is 17.4 Å². The monoisotopic (exact) mass is 230 g/mol. The molecule has 0 spiro atoms. The quantitative estimate of drug-likeness (QED) is 0.848. The van der Waals surface area contributed by atoms with Crippen molar-refractivity contribution in [3.05, 3.63) is 24.5 Å². The minimum atomic E-state index is 0.974. The van der Waals surface area contributed by atoms with Crippen LogP contribution in [0.4, 0.5) is 5.69 Å². The summed E-state index contributed by atoms with van der Waals surface area (Å²) in [6, 6.07) is 6.57. The molecular weight excluding hydrogens is 212 g/mol. The van der Waals surface area contributed by atoms with Crippen molar-refractivity contribution in [3.63, 3.8) is 0 Å². The standard InChI is InChI=1S/C13H18N4/c1-2-16-10-15-12-4-3-11(9-13(12)16)17-7-5-14-6-8-17/h3-4,9-10,14H,2,5-8H2,1H3. The normalized spacial score (nSPS) is 16.6. The minimum Gasteiger partial charge on any atom is -0.369 e. The number of hydrogen-bond donors (Lipinski definition) is 1. The number of fused-ring (bicyclic) bond motifs is 1. The van der Waals surface area contributed by atoms with Gasteiger partial charge in [-0.3, -0.25) is 0 Å². The average Bonchev–Trinajstić information content (AvgIpc) is 2.81. The Balaban J connectivity index is 1.99. The molecule has 1 fully saturated rings. The topological polar surface area (TPSA) is 33.1 Å². The van der Waals surface area contributed by atoms with Gasteiger partial charge in [-0.25, -0.2) is 4.98 Å². The first-order chi connectivity index (χ1) is 8.38. The molecular formula is C13H18N4. The molecule has 0 saturated carbocycles. The van der Waals surface area contributed by atoms with Crippen LogP contribution in [0.1, 0.15) is 6.92 Å². The van der Waals surface area contributed by atoms with Gasteiger partial charge in [-0.15, -0.1) is 0 Å². The Hall–Kier alpha value is -1.55. The summed E-state index contributed by atoms with van der Waals surface area (Å²) in [6.07, 6.45) is 1.92. The Morgan fingerprint density at radius 3 is 2.88 bits per heavy atom. The summed E-state index contributed by atoms with van der Waals surface area (Å²) >= 11 is 0. The minimum absolute atomic E-state index is 0.974. The van der Waals surface area contributed by atoms with Gasteiger partial charge in [-0.05, 0) is 25.1 Å². The average molecular weight is 230 g/mol. The number of piperazine rings is 1. The van der Waals surface area contributed by atoms with Gasteiger partial charge >= 0.3 is 0 Å². The molecule has 0 atom stereocenters. The molecule has 4 nitrogen and oxygen atoms in total. The van der Waals surface area contributed by atoms with Gasteiger partial charge in [-0.1, -0.05) is 0 Å². The molecule has 17 heavy (non-hydrogen) atoms. The van der Waals surface area contributed by atoms with E-state index < -0.39 is 0 Å². The Morgan fingerprint density at radius 2 is 2.12 bits per heavy atom. The maximum atomic E-state index is 4.41. The summed E-state index contributed by atoms with van der Waals surface area (Å²) < 4.78 is 2.20. The van der Waals surface area contributed by atoms with Crippen molar-refractivity contribution in [3.8, 4) is 0 Å². The lowest BCUT2D eigenvalue weighted by molar-refractivity contribution is 0.589. The van der Waals surface area contributed by atoms with Crippen LogP contribution in [0.5, 0.6) is 0 Å². The Morgan fingerprint density at radius 1 is 1.29 bits per heavy atom. The van der Waals surface area contributed by atoms with E-state index in [4.69, 9.17) is 0 Å². The Bertz CT molecular complexity index is 511. The third-order valence-corrected chi connectivity index (χ3v) is 3.43. The van der Waals surface area contributed by atoms with Crippen LogP contribution in [0.25, 0.3) is 11.0 Å². The first kappa shape index (κ1) is 10.6. The molecule has 1 aliphatic rings. The van der Waals surface area contributed by atoms with Crippen LogP contribution in [0, 0.1) is 0 Å². The van der Waals surface area contributed by atoms with Gasteiger partial charge in [0.15, 0.2) is 0 Å². The molecule has 90 valence electrons. The van der Waals surface area contributed by atoms with E-state index in [1.807, 2.05) is 6.33 Å². The fraction of sp³-hybridized carbons (Fsp3) is 0.462. The molecule has 1 N–H and O–H groups in total. The van der Waals surface area contributed by atoms with E-state index >= 15 is 0 Å². The SMILES string of the molecule is CCn1cnc2ccc(N3CCNCC3)cc21. The van der Waals surface area contributed by atoms with Crippen LogP contribution < -0.4 is 10.2 Å². The van der Waals surface area contributed by atoms with Crippen molar-refractivity contribution in [2.24, 2.45) is 0 Å². The molecule has 2 aromatic rings. The molecule has 1 aliphatic heterocycles. The van der Waals surface area contributed by atoms with Crippen molar-refractivity contribution in [1.82, 2.24) is 14.9 Å². The van der Waals surface area contributed by atoms with Gasteiger partial charge in [0.2, 0.25) is 0 Å². The summed E-state index contributed by atoms with van der Waals surface area (Å²) in [6.45, 7) is 7.45. The highest BCUT2D eigenvalue weighted by atomic mass is 15.2.